The molecule has 0 saturated carbocycles. The van der Waals surface area contributed by atoms with Crippen LogP contribution in [0.25, 0.3) is 10.1 Å². The van der Waals surface area contributed by atoms with Crippen molar-refractivity contribution >= 4 is 26.0 Å². The van der Waals surface area contributed by atoms with Crippen LogP contribution in [0.5, 0.6) is 0 Å². The second-order valence-corrected chi connectivity index (χ2v) is 4.79. The third-order valence-electron chi connectivity index (χ3n) is 2.88. The van der Waals surface area contributed by atoms with Gasteiger partial charge in [-0.15, -0.1) is 12.3 Å². The predicted molar refractivity (Wildman–Crippen MR) is 78.5 cm³/mol. The van der Waals surface area contributed by atoms with Gasteiger partial charge in [-0.05, 0) is 16.7 Å². The van der Waals surface area contributed by atoms with Gasteiger partial charge < -0.3 is 0 Å². The maximum Gasteiger partial charge on any atom is 0.0220 e. The highest BCUT2D eigenvalue weighted by Gasteiger charge is 2.21. The highest BCUT2D eigenvalue weighted by molar-refractivity contribution is 9.15. The van der Waals surface area contributed by atoms with Crippen molar-refractivity contribution in [3.63, 3.8) is 0 Å². The van der Waals surface area contributed by atoms with Crippen LogP contribution >= 0.6 is 15.9 Å². The number of rotatable bonds is 2. The molecule has 0 N–H and O–H groups in total. The quantitative estimate of drug-likeness (QED) is 0.694. The van der Waals surface area contributed by atoms with Gasteiger partial charge in [-0.1, -0.05) is 65.0 Å². The van der Waals surface area contributed by atoms with Crippen LogP contribution in [0.2, 0.25) is 0 Å². The third kappa shape index (κ3) is 2.28. The summed E-state index contributed by atoms with van der Waals surface area (Å²) in [6, 6.07) is 8.33. The van der Waals surface area contributed by atoms with Gasteiger partial charge in [0.2, 0.25) is 0 Å². The average Bonchev–Trinajstić information content (AvgIpc) is 2.34. The van der Waals surface area contributed by atoms with E-state index in [0.29, 0.717) is 6.42 Å². The van der Waals surface area contributed by atoms with E-state index in [-0.39, 0.29) is 5.92 Å². The Labute approximate surface area is 111 Å². The number of halogens is 1. The standard InChI is InChI=1S/C16H13Br/c1-3-7-12-11-16(17)15-10-6-5-9-14(15)13(12)8-4-2/h1,4-6,8-12H,2,7H2/b13-8+. The molecule has 0 fully saturated rings. The zero-order valence-corrected chi connectivity index (χ0v) is 11.1. The molecule has 1 unspecified atom stereocenters. The van der Waals surface area contributed by atoms with Crippen molar-refractivity contribution in [1.82, 2.24) is 0 Å². The van der Waals surface area contributed by atoms with Crippen molar-refractivity contribution in [2.24, 2.45) is 5.92 Å². The first-order chi connectivity index (χ1) is 8.27. The lowest BCUT2D eigenvalue weighted by molar-refractivity contribution is 0.871. The van der Waals surface area contributed by atoms with Gasteiger partial charge in [0.15, 0.2) is 0 Å². The SMILES string of the molecule is C#CCC1C=C(Br)c2ccccc2/C1=C/C=C. The molecule has 2 rings (SSSR count). The summed E-state index contributed by atoms with van der Waals surface area (Å²) in [6.07, 6.45) is 12.2. The summed E-state index contributed by atoms with van der Waals surface area (Å²) in [6.45, 7) is 3.78. The summed E-state index contributed by atoms with van der Waals surface area (Å²) in [5.41, 5.74) is 3.70. The molecule has 0 amide bonds. The fraction of sp³-hybridized carbons (Fsp3) is 0.125. The fourth-order valence-corrected chi connectivity index (χ4v) is 2.80. The maximum atomic E-state index is 5.44. The van der Waals surface area contributed by atoms with E-state index in [9.17, 15) is 0 Å². The Bertz CT molecular complexity index is 541. The van der Waals surface area contributed by atoms with Gasteiger partial charge >= 0.3 is 0 Å². The lowest BCUT2D eigenvalue weighted by Gasteiger charge is -2.24. The molecule has 0 radical (unpaired) electrons. The maximum absolute atomic E-state index is 5.44. The smallest absolute Gasteiger partial charge is 0.0220 e. The van der Waals surface area contributed by atoms with Crippen LogP contribution in [-0.2, 0) is 0 Å². The van der Waals surface area contributed by atoms with Gasteiger partial charge in [-0.2, -0.15) is 0 Å². The largest absolute Gasteiger partial charge is 0.120 e. The lowest BCUT2D eigenvalue weighted by atomic mass is 9.82. The number of hydrogen-bond acceptors (Lipinski definition) is 0. The summed E-state index contributed by atoms with van der Waals surface area (Å²) in [4.78, 5) is 0. The molecular weight excluding hydrogens is 272 g/mol. The molecule has 17 heavy (non-hydrogen) atoms. The second kappa shape index (κ2) is 5.21. The van der Waals surface area contributed by atoms with E-state index in [1.165, 1.54) is 16.7 Å². The molecule has 0 aliphatic heterocycles. The zero-order chi connectivity index (χ0) is 12.3. The zero-order valence-electron chi connectivity index (χ0n) is 9.49. The van der Waals surface area contributed by atoms with Crippen LogP contribution in [0.1, 0.15) is 17.5 Å². The Kier molecular flexibility index (Phi) is 3.66. The molecule has 0 saturated heterocycles. The van der Waals surface area contributed by atoms with Crippen LogP contribution in [-0.4, -0.2) is 0 Å². The van der Waals surface area contributed by atoms with Crippen LogP contribution in [0.4, 0.5) is 0 Å². The van der Waals surface area contributed by atoms with E-state index in [4.69, 9.17) is 6.42 Å². The van der Waals surface area contributed by atoms with E-state index in [1.54, 1.807) is 0 Å². The van der Waals surface area contributed by atoms with Gasteiger partial charge in [0.1, 0.15) is 0 Å². The van der Waals surface area contributed by atoms with Crippen LogP contribution < -0.4 is 0 Å². The number of benzene rings is 1. The minimum atomic E-state index is 0.266. The normalized spacial score (nSPS) is 20.4. The van der Waals surface area contributed by atoms with Crippen LogP contribution in [0, 0.1) is 18.3 Å². The lowest BCUT2D eigenvalue weighted by Crippen LogP contribution is -2.07. The van der Waals surface area contributed by atoms with Gasteiger partial charge in [0, 0.05) is 16.8 Å². The molecule has 0 bridgehead atoms. The molecule has 1 atom stereocenters. The Morgan fingerprint density at radius 3 is 2.71 bits per heavy atom. The first kappa shape index (κ1) is 12.0. The summed E-state index contributed by atoms with van der Waals surface area (Å²) in [5, 5.41) is 0. The molecule has 84 valence electrons. The predicted octanol–water partition coefficient (Wildman–Crippen LogP) is 4.64. The van der Waals surface area contributed by atoms with E-state index in [1.807, 2.05) is 18.2 Å². The van der Waals surface area contributed by atoms with Crippen molar-refractivity contribution in [3.8, 4) is 12.3 Å². The Balaban J connectivity index is 2.59. The molecule has 1 heteroatoms. The summed E-state index contributed by atoms with van der Waals surface area (Å²) in [5.74, 6) is 3.00. The van der Waals surface area contributed by atoms with E-state index < -0.39 is 0 Å². The topological polar surface area (TPSA) is 0 Å². The molecule has 0 nitrogen and oxygen atoms in total. The summed E-state index contributed by atoms with van der Waals surface area (Å²) < 4.78 is 1.12. The third-order valence-corrected chi connectivity index (χ3v) is 3.57. The number of terminal acetylenes is 1. The highest BCUT2D eigenvalue weighted by Crippen LogP contribution is 2.41. The Hall–Kier alpha value is -1.52. The minimum absolute atomic E-state index is 0.266. The molecular formula is C16H13Br. The average molecular weight is 285 g/mol. The molecule has 0 aromatic heterocycles. The number of hydrogen-bond donors (Lipinski definition) is 0. The van der Waals surface area contributed by atoms with Crippen molar-refractivity contribution < 1.29 is 0 Å². The van der Waals surface area contributed by atoms with Gasteiger partial charge in [0.25, 0.3) is 0 Å². The van der Waals surface area contributed by atoms with Crippen molar-refractivity contribution in [1.29, 1.82) is 0 Å². The molecule has 0 heterocycles. The fourth-order valence-electron chi connectivity index (χ4n) is 2.14. The second-order valence-electron chi connectivity index (χ2n) is 3.93. The molecule has 1 aromatic rings. The van der Waals surface area contributed by atoms with Crippen LogP contribution in [0.3, 0.4) is 0 Å². The Morgan fingerprint density at radius 2 is 2.06 bits per heavy atom. The van der Waals surface area contributed by atoms with Crippen LogP contribution in [0.15, 0.2) is 49.1 Å². The Morgan fingerprint density at radius 1 is 1.35 bits per heavy atom. The van der Waals surface area contributed by atoms with E-state index in [2.05, 4.69) is 52.7 Å². The van der Waals surface area contributed by atoms with Crippen molar-refractivity contribution in [2.75, 3.05) is 0 Å². The molecule has 1 aliphatic rings. The number of allylic oxidation sites excluding steroid dienone is 4. The monoisotopic (exact) mass is 284 g/mol. The minimum Gasteiger partial charge on any atom is -0.120 e. The molecule has 1 aliphatic carbocycles. The van der Waals surface area contributed by atoms with E-state index >= 15 is 0 Å². The number of fused-ring (bicyclic) bond motifs is 1. The van der Waals surface area contributed by atoms with Gasteiger partial charge in [-0.3, -0.25) is 0 Å². The van der Waals surface area contributed by atoms with Crippen molar-refractivity contribution in [3.05, 3.63) is 60.2 Å². The highest BCUT2D eigenvalue weighted by atomic mass is 79.9. The van der Waals surface area contributed by atoms with Gasteiger partial charge in [0.05, 0.1) is 0 Å². The molecule has 0 spiro atoms. The summed E-state index contributed by atoms with van der Waals surface area (Å²) in [7, 11) is 0. The summed E-state index contributed by atoms with van der Waals surface area (Å²) >= 11 is 3.62. The van der Waals surface area contributed by atoms with E-state index in [0.717, 1.165) is 4.48 Å². The first-order valence-corrected chi connectivity index (χ1v) is 6.30. The van der Waals surface area contributed by atoms with Gasteiger partial charge in [-0.25, -0.2) is 0 Å². The molecule has 1 aromatic carbocycles. The van der Waals surface area contributed by atoms with Crippen molar-refractivity contribution in [2.45, 2.75) is 6.42 Å². The first-order valence-electron chi connectivity index (χ1n) is 5.51.